The van der Waals surface area contributed by atoms with Crippen LogP contribution in [-0.2, 0) is 50.6 Å². The summed E-state index contributed by atoms with van der Waals surface area (Å²) >= 11 is 1.56. The number of carbonyl (C=O) groups excluding carboxylic acids is 3. The molecule has 47 heavy (non-hydrogen) atoms. The highest BCUT2D eigenvalue weighted by Gasteiger charge is 2.40. The first-order chi connectivity index (χ1) is 22.9. The first kappa shape index (κ1) is 32.4. The summed E-state index contributed by atoms with van der Waals surface area (Å²) < 4.78 is 19.9. The van der Waals surface area contributed by atoms with Gasteiger partial charge in [0.2, 0.25) is 5.91 Å². The zero-order valence-corrected chi connectivity index (χ0v) is 26.5. The monoisotopic (exact) mass is 657 g/mol. The van der Waals surface area contributed by atoms with Crippen LogP contribution < -0.4 is 5.32 Å². The Hall–Kier alpha value is -4.56. The summed E-state index contributed by atoms with van der Waals surface area (Å²) in [5, 5.41) is 20.9. The molecule has 2 saturated heterocycles. The number of aromatic nitrogens is 3. The van der Waals surface area contributed by atoms with E-state index in [1.165, 1.54) is 0 Å². The maximum Gasteiger partial charge on any atom is 0.408 e. The van der Waals surface area contributed by atoms with Crippen LogP contribution in [0.1, 0.15) is 53.1 Å². The maximum absolute atomic E-state index is 13.0. The van der Waals surface area contributed by atoms with Crippen LogP contribution in [0.3, 0.4) is 0 Å². The molecule has 4 aromatic rings. The second kappa shape index (κ2) is 14.9. The number of amides is 3. The lowest BCUT2D eigenvalue weighted by Crippen LogP contribution is -2.41. The molecule has 0 radical (unpaired) electrons. The lowest BCUT2D eigenvalue weighted by atomic mass is 10.0. The Labute approximate surface area is 276 Å². The van der Waals surface area contributed by atoms with Crippen molar-refractivity contribution >= 4 is 29.7 Å². The molecule has 1 aromatic heterocycles. The largest absolute Gasteiger partial charge is 0.445 e. The third kappa shape index (κ3) is 8.06. The fourth-order valence-electron chi connectivity index (χ4n) is 5.43. The van der Waals surface area contributed by atoms with Gasteiger partial charge in [-0.1, -0.05) is 90.6 Å². The third-order valence-electron chi connectivity index (χ3n) is 8.02. The van der Waals surface area contributed by atoms with Crippen LogP contribution in [0.5, 0.6) is 0 Å². The van der Waals surface area contributed by atoms with Crippen molar-refractivity contribution in [1.29, 1.82) is 0 Å². The number of nitrogens with zero attached hydrogens (tertiary/aromatic N) is 4. The van der Waals surface area contributed by atoms with Crippen molar-refractivity contribution in [3.8, 4) is 0 Å². The molecule has 2 N–H and O–H groups in total. The van der Waals surface area contributed by atoms with Crippen LogP contribution in [0.15, 0.2) is 90.3 Å². The lowest BCUT2D eigenvalue weighted by Gasteiger charge is -2.36. The Morgan fingerprint density at radius 1 is 0.979 bits per heavy atom. The van der Waals surface area contributed by atoms with Crippen molar-refractivity contribution in [3.05, 3.63) is 113 Å². The predicted molar refractivity (Wildman–Crippen MR) is 170 cm³/mol. The van der Waals surface area contributed by atoms with Crippen LogP contribution in [0.25, 0.3) is 0 Å². The van der Waals surface area contributed by atoms with Gasteiger partial charge in [0, 0.05) is 24.8 Å². The summed E-state index contributed by atoms with van der Waals surface area (Å²) in [6.07, 6.45) is 0.355. The summed E-state index contributed by atoms with van der Waals surface area (Å²) in [6.45, 7) is 0.0935. The van der Waals surface area contributed by atoms with Crippen molar-refractivity contribution in [2.45, 2.75) is 62.3 Å². The molecule has 4 unspecified atom stereocenters. The van der Waals surface area contributed by atoms with Gasteiger partial charge >= 0.3 is 6.09 Å². The van der Waals surface area contributed by atoms with Gasteiger partial charge < -0.3 is 29.2 Å². The summed E-state index contributed by atoms with van der Waals surface area (Å²) in [5.41, 5.74) is 4.15. The molecule has 0 spiro atoms. The van der Waals surface area contributed by atoms with E-state index in [1.807, 2.05) is 90.5 Å². The second-order valence-electron chi connectivity index (χ2n) is 11.4. The topological polar surface area (TPSA) is 145 Å². The molecular formula is C34H35N5O7S. The van der Waals surface area contributed by atoms with Gasteiger partial charge in [0.25, 0.3) is 5.91 Å². The highest BCUT2D eigenvalue weighted by atomic mass is 32.2. The van der Waals surface area contributed by atoms with Gasteiger partial charge in [0.1, 0.15) is 19.0 Å². The first-order valence-electron chi connectivity index (χ1n) is 15.2. The van der Waals surface area contributed by atoms with Crippen LogP contribution in [-0.4, -0.2) is 60.6 Å². The van der Waals surface area contributed by atoms with E-state index in [0.29, 0.717) is 12.2 Å². The molecule has 12 nitrogen and oxygen atoms in total. The number of hydrogen-bond acceptors (Lipinski definition) is 10. The van der Waals surface area contributed by atoms with E-state index < -0.39 is 24.3 Å². The first-order valence-corrected chi connectivity index (χ1v) is 16.2. The van der Waals surface area contributed by atoms with E-state index in [1.54, 1.807) is 18.1 Å². The molecule has 13 heteroatoms. The van der Waals surface area contributed by atoms with E-state index in [-0.39, 0.29) is 44.3 Å². The Kier molecular flexibility index (Phi) is 10.3. The molecular weight excluding hydrogens is 622 g/mol. The number of nitrogens with one attached hydrogen (secondary N) is 1. The number of benzene rings is 3. The van der Waals surface area contributed by atoms with E-state index in [2.05, 4.69) is 15.5 Å². The fourth-order valence-corrected chi connectivity index (χ4v) is 6.33. The molecule has 3 heterocycles. The molecule has 6 rings (SSSR count). The van der Waals surface area contributed by atoms with Crippen LogP contribution in [0.2, 0.25) is 0 Å². The molecule has 0 aliphatic carbocycles. The van der Waals surface area contributed by atoms with Crippen LogP contribution in [0.4, 0.5) is 4.79 Å². The summed E-state index contributed by atoms with van der Waals surface area (Å²) in [5.74, 6) is -0.207. The van der Waals surface area contributed by atoms with Crippen molar-refractivity contribution in [2.75, 3.05) is 5.75 Å². The molecule has 3 aromatic carbocycles. The van der Waals surface area contributed by atoms with Gasteiger partial charge in [-0.3, -0.25) is 14.5 Å². The Morgan fingerprint density at radius 3 is 2.40 bits per heavy atom. The smallest absolute Gasteiger partial charge is 0.408 e. The van der Waals surface area contributed by atoms with Gasteiger partial charge in [-0.15, -0.1) is 10.2 Å². The number of aliphatic hydroxyl groups excluding tert-OH is 1. The number of aryl methyl sites for hydroxylation is 1. The maximum atomic E-state index is 13.0. The minimum atomic E-state index is -0.978. The van der Waals surface area contributed by atoms with Gasteiger partial charge in [-0.05, 0) is 22.3 Å². The van der Waals surface area contributed by atoms with Crippen molar-refractivity contribution in [3.63, 3.8) is 0 Å². The zero-order chi connectivity index (χ0) is 32.8. The molecule has 0 bridgehead atoms. The fraction of sp³-hybridized carbons (Fsp3) is 0.324. The Bertz CT molecular complexity index is 1680. The standard InChI is InChI=1S/C34H35N5O7S/c1-38-21-35-37-33(38)47-20-27-15-29(25-11-9-23(18-40)10-12-25)46-32(45-27)26-13-7-22(8-14-26)17-39-30(41)16-28(31(39)42)36-34(43)44-19-24-5-3-2-4-6-24/h2-14,21,27-29,32,40H,15-20H2,1H3,(H,36,43). The average Bonchev–Trinajstić information content (AvgIpc) is 3.63. The number of likely N-dealkylation sites (tertiary alicyclic amines) is 1. The van der Waals surface area contributed by atoms with Gasteiger partial charge in [-0.2, -0.15) is 0 Å². The van der Waals surface area contributed by atoms with Crippen LogP contribution in [0, 0.1) is 0 Å². The second-order valence-corrected chi connectivity index (χ2v) is 12.4. The van der Waals surface area contributed by atoms with E-state index in [9.17, 15) is 19.5 Å². The molecule has 244 valence electrons. The number of alkyl carbamates (subject to hydrolysis) is 1. The quantitative estimate of drug-likeness (QED) is 0.178. The number of carbonyl (C=O) groups is 3. The zero-order valence-electron chi connectivity index (χ0n) is 25.7. The highest BCUT2D eigenvalue weighted by molar-refractivity contribution is 7.99. The van der Waals surface area contributed by atoms with Crippen LogP contribution >= 0.6 is 11.8 Å². The third-order valence-corrected chi connectivity index (χ3v) is 9.19. The normalized spacial score (nSPS) is 21.2. The number of thioether (sulfide) groups is 1. The predicted octanol–water partition coefficient (Wildman–Crippen LogP) is 4.20. The summed E-state index contributed by atoms with van der Waals surface area (Å²) in [6, 6.07) is 23.3. The van der Waals surface area contributed by atoms with Crippen molar-refractivity contribution in [1.82, 2.24) is 25.0 Å². The summed E-state index contributed by atoms with van der Waals surface area (Å²) in [7, 11) is 1.89. The molecule has 4 atom stereocenters. The minimum Gasteiger partial charge on any atom is -0.445 e. The Balaban J connectivity index is 1.08. The van der Waals surface area contributed by atoms with Gasteiger partial charge in [-0.25, -0.2) is 4.79 Å². The highest BCUT2D eigenvalue weighted by Crippen LogP contribution is 2.39. The Morgan fingerprint density at radius 2 is 1.70 bits per heavy atom. The molecule has 0 saturated carbocycles. The molecule has 2 aliphatic rings. The lowest BCUT2D eigenvalue weighted by molar-refractivity contribution is -0.245. The molecule has 2 fully saturated rings. The SMILES string of the molecule is Cn1cnnc1SCC1CC(c2ccc(CO)cc2)OC(c2ccc(CN3C(=O)CC(NC(=O)OCc4ccccc4)C3=O)cc2)O1. The number of hydrogen-bond donors (Lipinski definition) is 2. The molecule has 2 aliphatic heterocycles. The number of ether oxygens (including phenoxy) is 3. The number of rotatable bonds is 11. The minimum absolute atomic E-state index is 0.0338. The van der Waals surface area contributed by atoms with Gasteiger partial charge in [0.05, 0.1) is 31.8 Å². The molecule has 3 amide bonds. The van der Waals surface area contributed by atoms with E-state index >= 15 is 0 Å². The van der Waals surface area contributed by atoms with E-state index in [4.69, 9.17) is 14.2 Å². The average molecular weight is 658 g/mol. The van der Waals surface area contributed by atoms with Crippen molar-refractivity contribution < 1.29 is 33.7 Å². The summed E-state index contributed by atoms with van der Waals surface area (Å²) in [4.78, 5) is 39.2. The number of imide groups is 1. The van der Waals surface area contributed by atoms with Gasteiger partial charge in [0.15, 0.2) is 11.4 Å². The number of aliphatic hydroxyl groups is 1. The van der Waals surface area contributed by atoms with Crippen molar-refractivity contribution in [2.24, 2.45) is 7.05 Å². The van der Waals surface area contributed by atoms with E-state index in [0.717, 1.165) is 37.9 Å².